The fraction of sp³-hybridized carbons (Fsp3) is 0.333. The van der Waals surface area contributed by atoms with Gasteiger partial charge in [0.05, 0.1) is 18.7 Å². The molecule has 0 bridgehead atoms. The zero-order chi connectivity index (χ0) is 16.8. The largest absolute Gasteiger partial charge is 0.493 e. The summed E-state index contributed by atoms with van der Waals surface area (Å²) >= 11 is 0. The molecular weight excluding hydrogens is 290 g/mol. The first-order valence-electron chi connectivity index (χ1n) is 7.60. The van der Waals surface area contributed by atoms with E-state index in [1.165, 1.54) is 5.56 Å². The van der Waals surface area contributed by atoms with Crippen LogP contribution in [-0.4, -0.2) is 31.6 Å². The molecule has 0 aliphatic rings. The molecule has 0 aliphatic carbocycles. The van der Waals surface area contributed by atoms with Gasteiger partial charge in [-0.05, 0) is 43.2 Å². The van der Waals surface area contributed by atoms with E-state index in [1.807, 2.05) is 57.1 Å². The minimum Gasteiger partial charge on any atom is -0.493 e. The van der Waals surface area contributed by atoms with E-state index in [4.69, 9.17) is 4.74 Å². The molecule has 0 saturated heterocycles. The number of hydrogen-bond donors (Lipinski definition) is 1. The number of aromatic nitrogens is 1. The van der Waals surface area contributed by atoms with Crippen LogP contribution in [0.2, 0.25) is 0 Å². The standard InChI is InChI=1S/C18H23N3O2/c1-13-7-5-9-16(14(13)2)23-12-10-17(22)20-15-8-6-11-19-18(15)21(3)4/h5-9,11H,10,12H2,1-4H3,(H,20,22). The Kier molecular flexibility index (Phi) is 5.57. The van der Waals surface area contributed by atoms with Crippen LogP contribution in [0, 0.1) is 13.8 Å². The van der Waals surface area contributed by atoms with E-state index in [0.29, 0.717) is 12.3 Å². The summed E-state index contributed by atoms with van der Waals surface area (Å²) < 4.78 is 5.72. The molecule has 2 aromatic rings. The molecule has 2 rings (SSSR count). The summed E-state index contributed by atoms with van der Waals surface area (Å²) in [7, 11) is 3.78. The van der Waals surface area contributed by atoms with E-state index in [9.17, 15) is 4.79 Å². The van der Waals surface area contributed by atoms with Crippen molar-refractivity contribution in [2.24, 2.45) is 0 Å². The maximum atomic E-state index is 12.1. The van der Waals surface area contributed by atoms with Crippen molar-refractivity contribution in [1.29, 1.82) is 0 Å². The van der Waals surface area contributed by atoms with Crippen molar-refractivity contribution in [2.45, 2.75) is 20.3 Å². The van der Waals surface area contributed by atoms with Crippen LogP contribution in [0.1, 0.15) is 17.5 Å². The maximum absolute atomic E-state index is 12.1. The highest BCUT2D eigenvalue weighted by Crippen LogP contribution is 2.22. The average Bonchev–Trinajstić information content (AvgIpc) is 2.52. The molecular formula is C18H23N3O2. The molecule has 23 heavy (non-hydrogen) atoms. The van der Waals surface area contributed by atoms with Gasteiger partial charge in [0.2, 0.25) is 5.91 Å². The van der Waals surface area contributed by atoms with E-state index >= 15 is 0 Å². The number of carbonyl (C=O) groups excluding carboxylic acids is 1. The first-order valence-corrected chi connectivity index (χ1v) is 7.60. The Morgan fingerprint density at radius 2 is 2.00 bits per heavy atom. The fourth-order valence-electron chi connectivity index (χ4n) is 2.20. The number of hydrogen-bond acceptors (Lipinski definition) is 4. The molecule has 1 amide bonds. The van der Waals surface area contributed by atoms with Gasteiger partial charge in [-0.25, -0.2) is 4.98 Å². The molecule has 1 N–H and O–H groups in total. The smallest absolute Gasteiger partial charge is 0.227 e. The maximum Gasteiger partial charge on any atom is 0.227 e. The van der Waals surface area contributed by atoms with E-state index < -0.39 is 0 Å². The summed E-state index contributed by atoms with van der Waals surface area (Å²) in [5.41, 5.74) is 2.99. The number of nitrogens with one attached hydrogen (secondary N) is 1. The van der Waals surface area contributed by atoms with Gasteiger partial charge in [-0.15, -0.1) is 0 Å². The van der Waals surface area contributed by atoms with Crippen LogP contribution >= 0.6 is 0 Å². The highest BCUT2D eigenvalue weighted by Gasteiger charge is 2.10. The SMILES string of the molecule is Cc1cccc(OCCC(=O)Nc2cccnc2N(C)C)c1C. The second-order valence-electron chi connectivity index (χ2n) is 5.61. The molecule has 1 aromatic heterocycles. The monoisotopic (exact) mass is 313 g/mol. The molecule has 0 aliphatic heterocycles. The summed E-state index contributed by atoms with van der Waals surface area (Å²) in [6, 6.07) is 9.56. The molecule has 0 spiro atoms. The first kappa shape index (κ1) is 16.8. The van der Waals surface area contributed by atoms with Crippen molar-refractivity contribution in [1.82, 2.24) is 4.98 Å². The molecule has 5 heteroatoms. The fourth-order valence-corrected chi connectivity index (χ4v) is 2.20. The van der Waals surface area contributed by atoms with Crippen LogP contribution < -0.4 is 15.0 Å². The number of pyridine rings is 1. The summed E-state index contributed by atoms with van der Waals surface area (Å²) in [5, 5.41) is 2.88. The number of nitrogens with zero attached hydrogens (tertiary/aromatic N) is 2. The molecule has 0 saturated carbocycles. The third-order valence-corrected chi connectivity index (χ3v) is 3.63. The third kappa shape index (κ3) is 4.45. The summed E-state index contributed by atoms with van der Waals surface area (Å²) in [6.45, 7) is 4.40. The van der Waals surface area contributed by atoms with Gasteiger partial charge < -0.3 is 15.0 Å². The van der Waals surface area contributed by atoms with Crippen molar-refractivity contribution in [3.05, 3.63) is 47.7 Å². The quantitative estimate of drug-likeness (QED) is 0.890. The minimum atomic E-state index is -0.0913. The van der Waals surface area contributed by atoms with Crippen LogP contribution in [0.25, 0.3) is 0 Å². The van der Waals surface area contributed by atoms with Gasteiger partial charge in [0.1, 0.15) is 5.75 Å². The number of benzene rings is 1. The number of ether oxygens (including phenoxy) is 1. The van der Waals surface area contributed by atoms with Crippen LogP contribution in [-0.2, 0) is 4.79 Å². The second kappa shape index (κ2) is 7.63. The summed E-state index contributed by atoms with van der Waals surface area (Å²) in [6.07, 6.45) is 1.99. The summed E-state index contributed by atoms with van der Waals surface area (Å²) in [4.78, 5) is 18.2. The summed E-state index contributed by atoms with van der Waals surface area (Å²) in [5.74, 6) is 1.47. The second-order valence-corrected chi connectivity index (χ2v) is 5.61. The highest BCUT2D eigenvalue weighted by atomic mass is 16.5. The zero-order valence-corrected chi connectivity index (χ0v) is 14.1. The lowest BCUT2D eigenvalue weighted by Gasteiger charge is -2.16. The zero-order valence-electron chi connectivity index (χ0n) is 14.1. The Balaban J connectivity index is 1.90. The van der Waals surface area contributed by atoms with Gasteiger partial charge in [-0.3, -0.25) is 4.79 Å². The van der Waals surface area contributed by atoms with Gasteiger partial charge in [-0.2, -0.15) is 0 Å². The third-order valence-electron chi connectivity index (χ3n) is 3.63. The molecule has 122 valence electrons. The topological polar surface area (TPSA) is 54.5 Å². The van der Waals surface area contributed by atoms with Gasteiger partial charge in [-0.1, -0.05) is 12.1 Å². The van der Waals surface area contributed by atoms with Crippen molar-refractivity contribution in [3.8, 4) is 5.75 Å². The van der Waals surface area contributed by atoms with E-state index in [-0.39, 0.29) is 12.3 Å². The highest BCUT2D eigenvalue weighted by molar-refractivity contribution is 5.93. The molecule has 5 nitrogen and oxygen atoms in total. The number of anilines is 2. The molecule has 1 heterocycles. The number of rotatable bonds is 6. The molecule has 0 atom stereocenters. The Labute approximate surface area is 137 Å². The van der Waals surface area contributed by atoms with Gasteiger partial charge >= 0.3 is 0 Å². The van der Waals surface area contributed by atoms with Crippen molar-refractivity contribution in [3.63, 3.8) is 0 Å². The first-order chi connectivity index (χ1) is 11.0. The Hall–Kier alpha value is -2.56. The Morgan fingerprint density at radius 3 is 2.74 bits per heavy atom. The average molecular weight is 313 g/mol. The van der Waals surface area contributed by atoms with Crippen LogP contribution in [0.5, 0.6) is 5.75 Å². The number of aryl methyl sites for hydroxylation is 1. The Morgan fingerprint density at radius 1 is 1.22 bits per heavy atom. The van der Waals surface area contributed by atoms with Gasteiger partial charge in [0.15, 0.2) is 5.82 Å². The van der Waals surface area contributed by atoms with E-state index in [0.717, 1.165) is 17.1 Å². The minimum absolute atomic E-state index is 0.0913. The lowest BCUT2D eigenvalue weighted by atomic mass is 10.1. The molecule has 0 fully saturated rings. The van der Waals surface area contributed by atoms with E-state index in [2.05, 4.69) is 10.3 Å². The molecule has 1 aromatic carbocycles. The predicted octanol–water partition coefficient (Wildman–Crippen LogP) is 3.17. The van der Waals surface area contributed by atoms with Gasteiger partial charge in [0.25, 0.3) is 0 Å². The Bertz CT molecular complexity index is 684. The van der Waals surface area contributed by atoms with Gasteiger partial charge in [0, 0.05) is 20.3 Å². The lowest BCUT2D eigenvalue weighted by Crippen LogP contribution is -2.19. The molecule has 0 unspecified atom stereocenters. The lowest BCUT2D eigenvalue weighted by molar-refractivity contribution is -0.116. The normalized spacial score (nSPS) is 10.3. The van der Waals surface area contributed by atoms with Crippen molar-refractivity contribution < 1.29 is 9.53 Å². The number of carbonyl (C=O) groups is 1. The van der Waals surface area contributed by atoms with Crippen molar-refractivity contribution >= 4 is 17.4 Å². The van der Waals surface area contributed by atoms with E-state index in [1.54, 1.807) is 12.3 Å². The van der Waals surface area contributed by atoms with Crippen LogP contribution in [0.4, 0.5) is 11.5 Å². The van der Waals surface area contributed by atoms with Crippen molar-refractivity contribution in [2.75, 3.05) is 30.9 Å². The van der Waals surface area contributed by atoms with Crippen LogP contribution in [0.3, 0.4) is 0 Å². The molecule has 0 radical (unpaired) electrons. The number of amides is 1. The van der Waals surface area contributed by atoms with Crippen LogP contribution in [0.15, 0.2) is 36.5 Å². The predicted molar refractivity (Wildman–Crippen MR) is 93.2 cm³/mol.